The summed E-state index contributed by atoms with van der Waals surface area (Å²) in [6.45, 7) is 3.10. The lowest BCUT2D eigenvalue weighted by molar-refractivity contribution is -0.141. The highest BCUT2D eigenvalue weighted by Crippen LogP contribution is 2.26. The molecule has 7 nitrogen and oxygen atoms in total. The molecular formula is C27H36N2O5S. The van der Waals surface area contributed by atoms with Crippen LogP contribution in [0, 0.1) is 12.8 Å². The number of rotatable bonds is 8. The Morgan fingerprint density at radius 3 is 2.37 bits per heavy atom. The Hall–Kier alpha value is -2.26. The fraction of sp³-hybridized carbons (Fsp3) is 0.519. The summed E-state index contributed by atoms with van der Waals surface area (Å²) in [5, 5.41) is 9.86. The summed E-state index contributed by atoms with van der Waals surface area (Å²) in [4.78, 5) is 15.0. The molecule has 1 amide bonds. The van der Waals surface area contributed by atoms with Crippen molar-refractivity contribution in [3.8, 4) is 0 Å². The summed E-state index contributed by atoms with van der Waals surface area (Å²) in [7, 11) is -3.72. The Labute approximate surface area is 208 Å². The van der Waals surface area contributed by atoms with Gasteiger partial charge in [-0.05, 0) is 62.6 Å². The Bertz CT molecular complexity index is 1070. The lowest BCUT2D eigenvalue weighted by Crippen LogP contribution is -2.51. The van der Waals surface area contributed by atoms with E-state index in [1.165, 1.54) is 5.56 Å². The Morgan fingerprint density at radius 1 is 1.03 bits per heavy atom. The molecule has 0 radical (unpaired) electrons. The molecule has 2 fully saturated rings. The monoisotopic (exact) mass is 500 g/mol. The number of ether oxygens (including phenoxy) is 1. The number of carbonyl (C=O) groups is 1. The summed E-state index contributed by atoms with van der Waals surface area (Å²) < 4.78 is 34.2. The van der Waals surface area contributed by atoms with Crippen molar-refractivity contribution in [2.24, 2.45) is 5.92 Å². The van der Waals surface area contributed by atoms with E-state index in [0.717, 1.165) is 37.9 Å². The highest BCUT2D eigenvalue weighted by Gasteiger charge is 2.35. The van der Waals surface area contributed by atoms with Gasteiger partial charge < -0.3 is 14.7 Å². The second-order valence-corrected chi connectivity index (χ2v) is 11.5. The molecule has 2 aromatic rings. The number of aliphatic hydroxyl groups is 1. The van der Waals surface area contributed by atoms with Gasteiger partial charge in [0.2, 0.25) is 15.9 Å². The van der Waals surface area contributed by atoms with E-state index in [1.54, 1.807) is 24.3 Å². The predicted molar refractivity (Wildman–Crippen MR) is 134 cm³/mol. The van der Waals surface area contributed by atoms with Crippen LogP contribution in [0.1, 0.15) is 43.2 Å². The molecule has 3 atom stereocenters. The van der Waals surface area contributed by atoms with Crippen LogP contribution in [0.5, 0.6) is 0 Å². The number of nitrogens with zero attached hydrogens (tertiary/aromatic N) is 1. The van der Waals surface area contributed by atoms with E-state index in [4.69, 9.17) is 4.74 Å². The molecule has 8 heteroatoms. The van der Waals surface area contributed by atoms with Crippen LogP contribution in [0.25, 0.3) is 0 Å². The van der Waals surface area contributed by atoms with E-state index < -0.39 is 22.2 Å². The van der Waals surface area contributed by atoms with Crippen molar-refractivity contribution in [2.45, 2.75) is 68.6 Å². The Kier molecular flexibility index (Phi) is 8.59. The third-order valence-electron chi connectivity index (χ3n) is 7.17. The number of sulfonamides is 1. The number of hydrogen-bond donors (Lipinski definition) is 2. The van der Waals surface area contributed by atoms with Gasteiger partial charge in [-0.25, -0.2) is 13.1 Å². The molecule has 2 aliphatic rings. The average Bonchev–Trinajstić information content (AvgIpc) is 2.86. The van der Waals surface area contributed by atoms with Crippen LogP contribution in [0.3, 0.4) is 0 Å². The van der Waals surface area contributed by atoms with E-state index in [2.05, 4.69) is 29.0 Å². The maximum absolute atomic E-state index is 12.9. The third kappa shape index (κ3) is 6.91. The predicted octanol–water partition coefficient (Wildman–Crippen LogP) is 3.05. The number of amides is 1. The second-order valence-electron chi connectivity index (χ2n) is 9.82. The van der Waals surface area contributed by atoms with E-state index in [1.807, 2.05) is 17.9 Å². The number of carbonyl (C=O) groups excluding carboxylic acids is 1. The second kappa shape index (κ2) is 11.6. The van der Waals surface area contributed by atoms with Crippen LogP contribution in [0.15, 0.2) is 59.5 Å². The minimum Gasteiger partial charge on any atom is -0.394 e. The topological polar surface area (TPSA) is 95.9 Å². The average molecular weight is 501 g/mol. The molecule has 190 valence electrons. The van der Waals surface area contributed by atoms with Crippen LogP contribution in [-0.4, -0.2) is 62.3 Å². The van der Waals surface area contributed by atoms with E-state index in [-0.39, 0.29) is 29.9 Å². The smallest absolute Gasteiger partial charge is 0.240 e. The van der Waals surface area contributed by atoms with Crippen molar-refractivity contribution in [1.29, 1.82) is 0 Å². The summed E-state index contributed by atoms with van der Waals surface area (Å²) >= 11 is 0. The van der Waals surface area contributed by atoms with Crippen LogP contribution >= 0.6 is 0 Å². The normalized spacial score (nSPS) is 23.8. The first-order valence-electron chi connectivity index (χ1n) is 12.5. The molecule has 0 aliphatic carbocycles. The third-order valence-corrected chi connectivity index (χ3v) is 8.68. The summed E-state index contributed by atoms with van der Waals surface area (Å²) in [6, 6.07) is 16.6. The molecule has 2 saturated heterocycles. The van der Waals surface area contributed by atoms with Gasteiger partial charge in [-0.2, -0.15) is 0 Å². The molecule has 2 N–H and O–H groups in total. The fourth-order valence-electron chi connectivity index (χ4n) is 5.06. The number of hydrogen-bond acceptors (Lipinski definition) is 5. The van der Waals surface area contributed by atoms with Crippen LogP contribution in [0.2, 0.25) is 0 Å². The highest BCUT2D eigenvalue weighted by molar-refractivity contribution is 7.89. The molecular weight excluding hydrogens is 464 g/mol. The minimum atomic E-state index is -3.72. The molecule has 2 aromatic carbocycles. The van der Waals surface area contributed by atoms with Gasteiger partial charge in [0.15, 0.2) is 0 Å². The molecule has 2 aliphatic heterocycles. The van der Waals surface area contributed by atoms with E-state index >= 15 is 0 Å². The number of aliphatic hydroxyl groups excluding tert-OH is 1. The molecule has 0 bridgehead atoms. The number of aryl methyl sites for hydroxylation is 1. The van der Waals surface area contributed by atoms with Gasteiger partial charge in [-0.3, -0.25) is 4.79 Å². The zero-order valence-corrected chi connectivity index (χ0v) is 21.1. The quantitative estimate of drug-likeness (QED) is 0.581. The highest BCUT2D eigenvalue weighted by atomic mass is 32.2. The van der Waals surface area contributed by atoms with Gasteiger partial charge in [0.05, 0.1) is 36.2 Å². The molecule has 0 aromatic heterocycles. The minimum absolute atomic E-state index is 0.0727. The summed E-state index contributed by atoms with van der Waals surface area (Å²) in [5.41, 5.74) is 2.32. The Morgan fingerprint density at radius 2 is 1.71 bits per heavy atom. The van der Waals surface area contributed by atoms with Crippen molar-refractivity contribution in [1.82, 2.24) is 9.62 Å². The number of likely N-dealkylation sites (tertiary alicyclic amines) is 1. The van der Waals surface area contributed by atoms with Crippen molar-refractivity contribution in [3.05, 3.63) is 65.7 Å². The zero-order chi connectivity index (χ0) is 24.8. The molecule has 35 heavy (non-hydrogen) atoms. The number of benzene rings is 2. The molecule has 0 saturated carbocycles. The summed E-state index contributed by atoms with van der Waals surface area (Å²) in [5.74, 6) is 0.664. The summed E-state index contributed by atoms with van der Waals surface area (Å²) in [6.07, 6.45) is 3.37. The zero-order valence-electron chi connectivity index (χ0n) is 20.3. The maximum Gasteiger partial charge on any atom is 0.240 e. The van der Waals surface area contributed by atoms with Crippen LogP contribution < -0.4 is 4.72 Å². The van der Waals surface area contributed by atoms with Crippen LogP contribution in [0.4, 0.5) is 0 Å². The molecule has 4 rings (SSSR count). The number of nitrogens with one attached hydrogen (secondary N) is 1. The van der Waals surface area contributed by atoms with Crippen molar-refractivity contribution in [2.75, 3.05) is 19.7 Å². The van der Waals surface area contributed by atoms with Crippen molar-refractivity contribution < 1.29 is 23.1 Å². The van der Waals surface area contributed by atoms with E-state index in [0.29, 0.717) is 18.8 Å². The van der Waals surface area contributed by atoms with E-state index in [9.17, 15) is 18.3 Å². The lowest BCUT2D eigenvalue weighted by atomic mass is 9.90. The molecule has 0 spiro atoms. The first kappa shape index (κ1) is 25.8. The lowest BCUT2D eigenvalue weighted by Gasteiger charge is -2.37. The number of piperidine rings is 1. The molecule has 0 unspecified atom stereocenters. The van der Waals surface area contributed by atoms with Gasteiger partial charge in [-0.1, -0.05) is 48.0 Å². The SMILES string of the molecule is Cc1ccc(S(=O)(=O)N[C@@H]2CC[C@H](CC(=O)N3CCC(Cc4ccccc4)CC3)O[C@@H]2CO)cc1. The van der Waals surface area contributed by atoms with Crippen molar-refractivity contribution >= 4 is 15.9 Å². The van der Waals surface area contributed by atoms with Gasteiger partial charge in [0, 0.05) is 13.1 Å². The standard InChI is InChI=1S/C27H36N2O5S/c1-20-7-10-24(11-8-20)35(32,33)28-25-12-9-23(34-26(25)19-30)18-27(31)29-15-13-22(14-16-29)17-21-5-3-2-4-6-21/h2-8,10-11,22-23,25-26,28,30H,9,12-19H2,1H3/t23-,25-,26-/m1/s1. The maximum atomic E-state index is 12.9. The first-order valence-corrected chi connectivity index (χ1v) is 14.0. The largest absolute Gasteiger partial charge is 0.394 e. The van der Waals surface area contributed by atoms with Gasteiger partial charge in [-0.15, -0.1) is 0 Å². The Balaban J connectivity index is 1.25. The van der Waals surface area contributed by atoms with Gasteiger partial charge >= 0.3 is 0 Å². The van der Waals surface area contributed by atoms with Crippen LogP contribution in [-0.2, 0) is 26.0 Å². The van der Waals surface area contributed by atoms with Gasteiger partial charge in [0.25, 0.3) is 0 Å². The van der Waals surface area contributed by atoms with Gasteiger partial charge in [0.1, 0.15) is 0 Å². The van der Waals surface area contributed by atoms with Crippen molar-refractivity contribution in [3.63, 3.8) is 0 Å². The fourth-order valence-corrected chi connectivity index (χ4v) is 6.36. The first-order chi connectivity index (χ1) is 16.8. The molecule has 2 heterocycles.